The van der Waals surface area contributed by atoms with Gasteiger partial charge in [-0.15, -0.1) is 0 Å². The van der Waals surface area contributed by atoms with Crippen LogP contribution in [0.2, 0.25) is 0 Å². The van der Waals surface area contributed by atoms with Crippen molar-refractivity contribution in [3.05, 3.63) is 0 Å². The zero-order chi connectivity index (χ0) is 10.8. The number of methoxy groups -OCH3 is 1. The summed E-state index contributed by atoms with van der Waals surface area (Å²) in [6, 6.07) is 0. The number of hydrogen-bond donors (Lipinski definition) is 1. The zero-order valence-electron chi connectivity index (χ0n) is 9.67. The SMILES string of the molecule is COC1(C(O)C(C)(C)C)CCOCC1. The Labute approximate surface area is 86.4 Å². The molecule has 0 amide bonds. The molecular formula is C11H22O3. The summed E-state index contributed by atoms with van der Waals surface area (Å²) in [5.74, 6) is 0. The third-order valence-corrected chi connectivity index (χ3v) is 3.06. The van der Waals surface area contributed by atoms with Gasteiger partial charge in [-0.25, -0.2) is 0 Å². The molecule has 3 nitrogen and oxygen atoms in total. The van der Waals surface area contributed by atoms with Gasteiger partial charge in [0.15, 0.2) is 0 Å². The summed E-state index contributed by atoms with van der Waals surface area (Å²) in [6.07, 6.45) is 1.12. The summed E-state index contributed by atoms with van der Waals surface area (Å²) >= 11 is 0. The highest BCUT2D eigenvalue weighted by Crippen LogP contribution is 2.36. The van der Waals surface area contributed by atoms with Crippen molar-refractivity contribution in [3.8, 4) is 0 Å². The molecule has 1 atom stereocenters. The van der Waals surface area contributed by atoms with Crippen molar-refractivity contribution in [2.24, 2.45) is 5.41 Å². The predicted octanol–water partition coefficient (Wildman–Crippen LogP) is 1.59. The molecular weight excluding hydrogens is 180 g/mol. The molecule has 0 spiro atoms. The van der Waals surface area contributed by atoms with E-state index in [4.69, 9.17) is 9.47 Å². The summed E-state index contributed by atoms with van der Waals surface area (Å²) in [4.78, 5) is 0. The van der Waals surface area contributed by atoms with Gasteiger partial charge in [-0.05, 0) is 5.41 Å². The normalized spacial score (nSPS) is 24.6. The molecule has 1 N–H and O–H groups in total. The van der Waals surface area contributed by atoms with Crippen LogP contribution in [-0.2, 0) is 9.47 Å². The van der Waals surface area contributed by atoms with Crippen LogP contribution in [0.1, 0.15) is 33.6 Å². The van der Waals surface area contributed by atoms with Gasteiger partial charge in [0.2, 0.25) is 0 Å². The lowest BCUT2D eigenvalue weighted by molar-refractivity contribution is -0.179. The van der Waals surface area contributed by atoms with E-state index in [-0.39, 0.29) is 5.41 Å². The summed E-state index contributed by atoms with van der Waals surface area (Å²) in [7, 11) is 1.68. The molecule has 0 aromatic rings. The minimum atomic E-state index is -0.441. The van der Waals surface area contributed by atoms with Gasteiger partial charge in [0.05, 0.1) is 11.7 Å². The van der Waals surface area contributed by atoms with Gasteiger partial charge in [0.25, 0.3) is 0 Å². The Morgan fingerprint density at radius 3 is 2.14 bits per heavy atom. The van der Waals surface area contributed by atoms with E-state index in [1.807, 2.05) is 20.8 Å². The van der Waals surface area contributed by atoms with E-state index in [2.05, 4.69) is 0 Å². The van der Waals surface area contributed by atoms with Crippen LogP contribution in [0.3, 0.4) is 0 Å². The average Bonchev–Trinajstić information content (AvgIpc) is 2.16. The molecule has 0 aromatic carbocycles. The van der Waals surface area contributed by atoms with E-state index in [0.717, 1.165) is 12.8 Å². The van der Waals surface area contributed by atoms with E-state index < -0.39 is 11.7 Å². The third kappa shape index (κ3) is 2.27. The molecule has 0 saturated carbocycles. The monoisotopic (exact) mass is 202 g/mol. The quantitative estimate of drug-likeness (QED) is 0.739. The van der Waals surface area contributed by atoms with Gasteiger partial charge < -0.3 is 14.6 Å². The molecule has 1 heterocycles. The fraction of sp³-hybridized carbons (Fsp3) is 1.00. The summed E-state index contributed by atoms with van der Waals surface area (Å²) in [6.45, 7) is 7.47. The second-order valence-corrected chi connectivity index (χ2v) is 5.15. The maximum absolute atomic E-state index is 10.3. The van der Waals surface area contributed by atoms with Crippen LogP contribution in [0.4, 0.5) is 0 Å². The summed E-state index contributed by atoms with van der Waals surface area (Å²) < 4.78 is 10.8. The molecule has 1 unspecified atom stereocenters. The topological polar surface area (TPSA) is 38.7 Å². The van der Waals surface area contributed by atoms with E-state index in [1.54, 1.807) is 7.11 Å². The minimum Gasteiger partial charge on any atom is -0.390 e. The molecule has 1 aliphatic heterocycles. The van der Waals surface area contributed by atoms with Crippen LogP contribution in [0.5, 0.6) is 0 Å². The molecule has 0 aromatic heterocycles. The van der Waals surface area contributed by atoms with Crippen molar-refractivity contribution in [1.29, 1.82) is 0 Å². The van der Waals surface area contributed by atoms with Crippen molar-refractivity contribution >= 4 is 0 Å². The zero-order valence-corrected chi connectivity index (χ0v) is 9.67. The van der Waals surface area contributed by atoms with Gasteiger partial charge in [-0.1, -0.05) is 20.8 Å². The molecule has 1 aliphatic rings. The second kappa shape index (κ2) is 4.17. The van der Waals surface area contributed by atoms with Gasteiger partial charge in [0.1, 0.15) is 0 Å². The number of rotatable bonds is 2. The summed E-state index contributed by atoms with van der Waals surface area (Å²) in [5, 5.41) is 10.3. The number of hydrogen-bond acceptors (Lipinski definition) is 3. The maximum atomic E-state index is 10.3. The van der Waals surface area contributed by atoms with Crippen molar-refractivity contribution in [2.45, 2.75) is 45.3 Å². The highest BCUT2D eigenvalue weighted by Gasteiger charge is 2.45. The molecule has 84 valence electrons. The van der Waals surface area contributed by atoms with Gasteiger partial charge >= 0.3 is 0 Å². The molecule has 1 fully saturated rings. The second-order valence-electron chi connectivity index (χ2n) is 5.15. The first kappa shape index (κ1) is 12.0. The van der Waals surface area contributed by atoms with Gasteiger partial charge in [0, 0.05) is 33.2 Å². The Bertz CT molecular complexity index is 177. The largest absolute Gasteiger partial charge is 0.390 e. The average molecular weight is 202 g/mol. The van der Waals surface area contributed by atoms with Crippen LogP contribution in [-0.4, -0.2) is 37.1 Å². The smallest absolute Gasteiger partial charge is 0.0985 e. The van der Waals surface area contributed by atoms with Crippen molar-refractivity contribution in [1.82, 2.24) is 0 Å². The maximum Gasteiger partial charge on any atom is 0.0985 e. The fourth-order valence-electron chi connectivity index (χ4n) is 2.10. The van der Waals surface area contributed by atoms with Crippen LogP contribution in [0, 0.1) is 5.41 Å². The summed E-state index contributed by atoms with van der Waals surface area (Å²) in [5.41, 5.74) is -0.552. The Hall–Kier alpha value is -0.120. The van der Waals surface area contributed by atoms with Gasteiger partial charge in [-0.2, -0.15) is 0 Å². The molecule has 3 heteroatoms. The Balaban J connectivity index is 2.77. The molecule has 1 rings (SSSR count). The highest BCUT2D eigenvalue weighted by molar-refractivity contribution is 4.95. The van der Waals surface area contributed by atoms with E-state index in [9.17, 15) is 5.11 Å². The van der Waals surface area contributed by atoms with E-state index >= 15 is 0 Å². The standard InChI is InChI=1S/C11H22O3/c1-10(2,3)9(12)11(13-4)5-7-14-8-6-11/h9,12H,5-8H2,1-4H3. The Morgan fingerprint density at radius 2 is 1.79 bits per heavy atom. The highest BCUT2D eigenvalue weighted by atomic mass is 16.5. The Kier molecular flexibility index (Phi) is 3.56. The number of aliphatic hydroxyl groups is 1. The van der Waals surface area contributed by atoms with Crippen molar-refractivity contribution < 1.29 is 14.6 Å². The van der Waals surface area contributed by atoms with E-state index in [1.165, 1.54) is 0 Å². The van der Waals surface area contributed by atoms with Gasteiger partial charge in [-0.3, -0.25) is 0 Å². The first-order valence-electron chi connectivity index (χ1n) is 5.23. The molecule has 0 aliphatic carbocycles. The van der Waals surface area contributed by atoms with E-state index in [0.29, 0.717) is 13.2 Å². The van der Waals surface area contributed by atoms with Crippen molar-refractivity contribution in [3.63, 3.8) is 0 Å². The van der Waals surface area contributed by atoms with Crippen LogP contribution in [0.15, 0.2) is 0 Å². The molecule has 14 heavy (non-hydrogen) atoms. The van der Waals surface area contributed by atoms with Crippen LogP contribution >= 0.6 is 0 Å². The molecule has 0 bridgehead atoms. The Morgan fingerprint density at radius 1 is 1.29 bits per heavy atom. The van der Waals surface area contributed by atoms with Crippen LogP contribution < -0.4 is 0 Å². The van der Waals surface area contributed by atoms with Crippen molar-refractivity contribution in [2.75, 3.05) is 20.3 Å². The molecule has 1 saturated heterocycles. The third-order valence-electron chi connectivity index (χ3n) is 3.06. The predicted molar refractivity (Wildman–Crippen MR) is 55.3 cm³/mol. The lowest BCUT2D eigenvalue weighted by Gasteiger charge is -2.45. The lowest BCUT2D eigenvalue weighted by Crippen LogP contribution is -2.53. The molecule has 0 radical (unpaired) electrons. The first-order valence-corrected chi connectivity index (χ1v) is 5.23. The number of ether oxygens (including phenoxy) is 2. The fourth-order valence-corrected chi connectivity index (χ4v) is 2.10. The first-order chi connectivity index (χ1) is 6.42. The minimum absolute atomic E-state index is 0.145. The lowest BCUT2D eigenvalue weighted by atomic mass is 9.75. The van der Waals surface area contributed by atoms with Crippen LogP contribution in [0.25, 0.3) is 0 Å². The number of aliphatic hydroxyl groups excluding tert-OH is 1.